The molecule has 2 rings (SSSR count). The van der Waals surface area contributed by atoms with E-state index in [0.29, 0.717) is 18.3 Å². The molecule has 18 heavy (non-hydrogen) atoms. The Labute approximate surface area is 106 Å². The molecule has 0 fully saturated rings. The highest BCUT2D eigenvalue weighted by Gasteiger charge is 2.15. The van der Waals surface area contributed by atoms with E-state index < -0.39 is 0 Å². The zero-order chi connectivity index (χ0) is 13.0. The van der Waals surface area contributed by atoms with E-state index in [1.807, 2.05) is 19.1 Å². The Hall–Kier alpha value is -1.75. The first-order valence-corrected chi connectivity index (χ1v) is 6.17. The summed E-state index contributed by atoms with van der Waals surface area (Å²) in [5.74, 6) is 1.44. The summed E-state index contributed by atoms with van der Waals surface area (Å²) >= 11 is 0. The number of pyridine rings is 1. The summed E-state index contributed by atoms with van der Waals surface area (Å²) in [6.45, 7) is 4.76. The van der Waals surface area contributed by atoms with Crippen LogP contribution >= 0.6 is 0 Å². The van der Waals surface area contributed by atoms with Crippen LogP contribution in [-0.2, 0) is 0 Å². The van der Waals surface area contributed by atoms with E-state index in [9.17, 15) is 0 Å². The maximum absolute atomic E-state index is 5.49. The second kappa shape index (κ2) is 5.73. The molecular weight excluding hydrogens is 228 g/mol. The van der Waals surface area contributed by atoms with Crippen molar-refractivity contribution in [1.29, 1.82) is 0 Å². The number of nitrogens with two attached hydrogens (primary N) is 1. The minimum atomic E-state index is 0.236. The van der Waals surface area contributed by atoms with E-state index in [-0.39, 0.29) is 5.92 Å². The van der Waals surface area contributed by atoms with E-state index in [0.717, 1.165) is 24.1 Å². The SMILES string of the molecule is Cc1ccnc(-c2noc(C(C)CCCN)n2)c1. The number of hydrogen-bond donors (Lipinski definition) is 1. The smallest absolute Gasteiger partial charge is 0.229 e. The lowest BCUT2D eigenvalue weighted by molar-refractivity contribution is 0.352. The number of hydrogen-bond acceptors (Lipinski definition) is 5. The van der Waals surface area contributed by atoms with Gasteiger partial charge < -0.3 is 10.3 Å². The molecule has 0 bridgehead atoms. The third-order valence-corrected chi connectivity index (χ3v) is 2.85. The molecular formula is C13H18N4O. The molecule has 0 aliphatic carbocycles. The number of rotatable bonds is 5. The fraction of sp³-hybridized carbons (Fsp3) is 0.462. The first-order valence-electron chi connectivity index (χ1n) is 6.17. The molecule has 5 nitrogen and oxygen atoms in total. The molecule has 96 valence electrons. The first kappa shape index (κ1) is 12.7. The van der Waals surface area contributed by atoms with Gasteiger partial charge in [0.05, 0.1) is 0 Å². The normalized spacial score (nSPS) is 12.6. The van der Waals surface area contributed by atoms with Crippen LogP contribution in [0, 0.1) is 6.92 Å². The quantitative estimate of drug-likeness (QED) is 0.875. The summed E-state index contributed by atoms with van der Waals surface area (Å²) in [5.41, 5.74) is 7.36. The van der Waals surface area contributed by atoms with Gasteiger partial charge in [-0.25, -0.2) is 0 Å². The number of aromatic nitrogens is 3. The second-order valence-corrected chi connectivity index (χ2v) is 4.51. The van der Waals surface area contributed by atoms with E-state index >= 15 is 0 Å². The van der Waals surface area contributed by atoms with Crippen molar-refractivity contribution in [2.24, 2.45) is 5.73 Å². The molecule has 0 radical (unpaired) electrons. The fourth-order valence-corrected chi connectivity index (χ4v) is 1.75. The van der Waals surface area contributed by atoms with Gasteiger partial charge in [0.2, 0.25) is 11.7 Å². The minimum absolute atomic E-state index is 0.236. The van der Waals surface area contributed by atoms with Crippen molar-refractivity contribution in [2.45, 2.75) is 32.6 Å². The Morgan fingerprint density at radius 1 is 1.44 bits per heavy atom. The molecule has 0 saturated carbocycles. The molecule has 1 unspecified atom stereocenters. The van der Waals surface area contributed by atoms with Gasteiger partial charge in [-0.1, -0.05) is 12.1 Å². The van der Waals surface area contributed by atoms with Crippen molar-refractivity contribution in [1.82, 2.24) is 15.1 Å². The van der Waals surface area contributed by atoms with E-state index in [1.54, 1.807) is 6.20 Å². The third-order valence-electron chi connectivity index (χ3n) is 2.85. The van der Waals surface area contributed by atoms with Gasteiger partial charge in [-0.2, -0.15) is 4.98 Å². The summed E-state index contributed by atoms with van der Waals surface area (Å²) in [4.78, 5) is 8.63. The Morgan fingerprint density at radius 3 is 3.00 bits per heavy atom. The second-order valence-electron chi connectivity index (χ2n) is 4.51. The summed E-state index contributed by atoms with van der Waals surface area (Å²) in [7, 11) is 0. The van der Waals surface area contributed by atoms with Gasteiger partial charge in [-0.15, -0.1) is 0 Å². The Kier molecular flexibility index (Phi) is 4.04. The molecule has 0 aliphatic heterocycles. The predicted octanol–water partition coefficient (Wildman–Crippen LogP) is 2.28. The lowest BCUT2D eigenvalue weighted by Gasteiger charge is -2.03. The van der Waals surface area contributed by atoms with Crippen LogP contribution in [0.4, 0.5) is 0 Å². The van der Waals surface area contributed by atoms with Gasteiger partial charge in [0.25, 0.3) is 0 Å². The Bertz CT molecular complexity index is 509. The van der Waals surface area contributed by atoms with Gasteiger partial charge in [0.15, 0.2) is 0 Å². The number of nitrogens with zero attached hydrogens (tertiary/aromatic N) is 3. The zero-order valence-corrected chi connectivity index (χ0v) is 10.8. The molecule has 0 saturated heterocycles. The van der Waals surface area contributed by atoms with Crippen LogP contribution in [0.25, 0.3) is 11.5 Å². The zero-order valence-electron chi connectivity index (χ0n) is 10.8. The van der Waals surface area contributed by atoms with Crippen LogP contribution in [0.3, 0.4) is 0 Å². The van der Waals surface area contributed by atoms with E-state index in [1.165, 1.54) is 0 Å². The standard InChI is InChI=1S/C13H18N4O/c1-9-5-7-15-11(8-9)12-16-13(18-17-12)10(2)4-3-6-14/h5,7-8,10H,3-4,6,14H2,1-2H3. The molecule has 0 aromatic carbocycles. The summed E-state index contributed by atoms with van der Waals surface area (Å²) < 4.78 is 5.28. The van der Waals surface area contributed by atoms with E-state index in [4.69, 9.17) is 10.3 Å². The van der Waals surface area contributed by atoms with Crippen molar-refractivity contribution < 1.29 is 4.52 Å². The Balaban J connectivity index is 2.15. The average Bonchev–Trinajstić information content (AvgIpc) is 2.85. The van der Waals surface area contributed by atoms with Gasteiger partial charge in [0, 0.05) is 12.1 Å². The van der Waals surface area contributed by atoms with Crippen molar-refractivity contribution in [3.63, 3.8) is 0 Å². The molecule has 0 aliphatic rings. The van der Waals surface area contributed by atoms with Gasteiger partial charge in [-0.05, 0) is 44.0 Å². The first-order chi connectivity index (χ1) is 8.70. The van der Waals surface area contributed by atoms with Crippen LogP contribution in [-0.4, -0.2) is 21.7 Å². The van der Waals surface area contributed by atoms with Crippen LogP contribution in [0.15, 0.2) is 22.9 Å². The molecule has 0 amide bonds. The third kappa shape index (κ3) is 2.92. The molecule has 2 aromatic heterocycles. The van der Waals surface area contributed by atoms with Gasteiger partial charge in [0.1, 0.15) is 5.69 Å². The number of aryl methyl sites for hydroxylation is 1. The van der Waals surface area contributed by atoms with Crippen LogP contribution in [0.1, 0.15) is 37.1 Å². The van der Waals surface area contributed by atoms with Crippen LogP contribution < -0.4 is 5.73 Å². The highest BCUT2D eigenvalue weighted by Crippen LogP contribution is 2.21. The fourth-order valence-electron chi connectivity index (χ4n) is 1.75. The van der Waals surface area contributed by atoms with Crippen molar-refractivity contribution >= 4 is 0 Å². The topological polar surface area (TPSA) is 77.8 Å². The molecule has 2 heterocycles. The van der Waals surface area contributed by atoms with Crippen molar-refractivity contribution in [3.05, 3.63) is 29.8 Å². The molecule has 2 aromatic rings. The van der Waals surface area contributed by atoms with Crippen molar-refractivity contribution in [2.75, 3.05) is 6.54 Å². The lowest BCUT2D eigenvalue weighted by atomic mass is 10.1. The van der Waals surface area contributed by atoms with Crippen LogP contribution in [0.2, 0.25) is 0 Å². The largest absolute Gasteiger partial charge is 0.339 e. The summed E-state index contributed by atoms with van der Waals surface area (Å²) in [6, 6.07) is 3.88. The summed E-state index contributed by atoms with van der Waals surface area (Å²) in [6.07, 6.45) is 3.67. The maximum atomic E-state index is 5.49. The monoisotopic (exact) mass is 246 g/mol. The Morgan fingerprint density at radius 2 is 2.28 bits per heavy atom. The minimum Gasteiger partial charge on any atom is -0.339 e. The maximum Gasteiger partial charge on any atom is 0.229 e. The van der Waals surface area contributed by atoms with Crippen LogP contribution in [0.5, 0.6) is 0 Å². The molecule has 1 atom stereocenters. The average molecular weight is 246 g/mol. The predicted molar refractivity (Wildman–Crippen MR) is 69.0 cm³/mol. The van der Waals surface area contributed by atoms with Gasteiger partial charge in [-0.3, -0.25) is 4.98 Å². The van der Waals surface area contributed by atoms with Gasteiger partial charge >= 0.3 is 0 Å². The highest BCUT2D eigenvalue weighted by atomic mass is 16.5. The van der Waals surface area contributed by atoms with Crippen molar-refractivity contribution in [3.8, 4) is 11.5 Å². The van der Waals surface area contributed by atoms with E-state index in [2.05, 4.69) is 22.0 Å². The molecule has 2 N–H and O–H groups in total. The molecule has 0 spiro atoms. The molecule has 5 heteroatoms. The summed E-state index contributed by atoms with van der Waals surface area (Å²) in [5, 5.41) is 3.98. The lowest BCUT2D eigenvalue weighted by Crippen LogP contribution is -2.02. The highest BCUT2D eigenvalue weighted by molar-refractivity contribution is 5.48.